The van der Waals surface area contributed by atoms with Crippen LogP contribution in [-0.2, 0) is 9.53 Å². The molecule has 3 amide bonds. The lowest BCUT2D eigenvalue weighted by atomic mass is 9.93. The molecule has 0 spiro atoms. The minimum atomic E-state index is -0.246. The van der Waals surface area contributed by atoms with E-state index in [1.54, 1.807) is 4.90 Å². The molecule has 4 unspecified atom stereocenters. The summed E-state index contributed by atoms with van der Waals surface area (Å²) in [6, 6.07) is -0.0708. The maximum atomic E-state index is 11.8. The van der Waals surface area contributed by atoms with Gasteiger partial charge in [-0.2, -0.15) is 0 Å². The summed E-state index contributed by atoms with van der Waals surface area (Å²) in [6.07, 6.45) is 3.61. The molecule has 2 bridgehead atoms. The summed E-state index contributed by atoms with van der Waals surface area (Å²) < 4.78 is 5.74. The fourth-order valence-electron chi connectivity index (χ4n) is 2.99. The number of ether oxygens (including phenoxy) is 1. The number of hydrogen-bond donors (Lipinski definition) is 1. The molecular formula is C11H16N2O3. The van der Waals surface area contributed by atoms with Crippen LogP contribution in [0.5, 0.6) is 0 Å². The van der Waals surface area contributed by atoms with Gasteiger partial charge in [0.25, 0.3) is 0 Å². The molecule has 3 aliphatic heterocycles. The molecule has 3 rings (SSSR count). The van der Waals surface area contributed by atoms with Crippen LogP contribution in [0.4, 0.5) is 4.79 Å². The first-order chi connectivity index (χ1) is 7.65. The maximum absolute atomic E-state index is 11.8. The van der Waals surface area contributed by atoms with Crippen molar-refractivity contribution in [2.75, 3.05) is 6.54 Å². The molecule has 0 aromatic carbocycles. The minimum Gasteiger partial charge on any atom is -0.373 e. The van der Waals surface area contributed by atoms with Gasteiger partial charge in [0.1, 0.15) is 0 Å². The Kier molecular flexibility index (Phi) is 2.17. The number of fused-ring (bicyclic) bond motifs is 2. The second-order valence-electron chi connectivity index (χ2n) is 5.02. The molecule has 3 heterocycles. The molecule has 5 nitrogen and oxygen atoms in total. The van der Waals surface area contributed by atoms with Crippen LogP contribution in [0.25, 0.3) is 0 Å². The van der Waals surface area contributed by atoms with E-state index in [2.05, 4.69) is 5.32 Å². The molecule has 16 heavy (non-hydrogen) atoms. The molecule has 3 saturated heterocycles. The Morgan fingerprint density at radius 1 is 1.38 bits per heavy atom. The molecule has 0 aromatic heterocycles. The number of carbonyl (C=O) groups is 2. The summed E-state index contributed by atoms with van der Waals surface area (Å²) in [5.74, 6) is -0.276. The van der Waals surface area contributed by atoms with E-state index in [-0.39, 0.29) is 30.0 Å². The molecule has 88 valence electrons. The molecule has 3 aliphatic rings. The van der Waals surface area contributed by atoms with E-state index in [9.17, 15) is 9.59 Å². The van der Waals surface area contributed by atoms with Crippen molar-refractivity contribution in [1.82, 2.24) is 10.2 Å². The summed E-state index contributed by atoms with van der Waals surface area (Å²) in [4.78, 5) is 24.9. The zero-order valence-electron chi connectivity index (χ0n) is 9.31. The van der Waals surface area contributed by atoms with Crippen LogP contribution in [0.3, 0.4) is 0 Å². The van der Waals surface area contributed by atoms with Gasteiger partial charge >= 0.3 is 6.03 Å². The highest BCUT2D eigenvalue weighted by molar-refractivity contribution is 5.97. The standard InChI is InChI=1S/C11H16N2O3/c1-6-5-13(11(15)12-10(6)14)8-4-7-2-3-9(8)16-7/h6-9H,2-5H2,1H3,(H,12,14,15). The monoisotopic (exact) mass is 224 g/mol. The fourth-order valence-corrected chi connectivity index (χ4v) is 2.99. The van der Waals surface area contributed by atoms with Crippen molar-refractivity contribution in [2.24, 2.45) is 5.92 Å². The van der Waals surface area contributed by atoms with Gasteiger partial charge in [-0.3, -0.25) is 10.1 Å². The lowest BCUT2D eigenvalue weighted by Gasteiger charge is -2.37. The van der Waals surface area contributed by atoms with Gasteiger partial charge in [-0.25, -0.2) is 4.79 Å². The van der Waals surface area contributed by atoms with Crippen molar-refractivity contribution in [3.63, 3.8) is 0 Å². The number of rotatable bonds is 1. The van der Waals surface area contributed by atoms with E-state index >= 15 is 0 Å². The van der Waals surface area contributed by atoms with Crippen molar-refractivity contribution >= 4 is 11.9 Å². The molecule has 5 heteroatoms. The predicted octanol–water partition coefficient (Wildman–Crippen LogP) is 0.494. The third kappa shape index (κ3) is 1.42. The molecule has 4 atom stereocenters. The Bertz CT molecular complexity index is 344. The van der Waals surface area contributed by atoms with Gasteiger partial charge < -0.3 is 9.64 Å². The van der Waals surface area contributed by atoms with Gasteiger partial charge in [0.2, 0.25) is 5.91 Å². The van der Waals surface area contributed by atoms with Gasteiger partial charge in [-0.15, -0.1) is 0 Å². The number of amides is 3. The van der Waals surface area contributed by atoms with E-state index < -0.39 is 0 Å². The molecule has 3 fully saturated rings. The van der Waals surface area contributed by atoms with E-state index in [4.69, 9.17) is 4.74 Å². The van der Waals surface area contributed by atoms with Crippen molar-refractivity contribution in [3.05, 3.63) is 0 Å². The smallest absolute Gasteiger partial charge is 0.324 e. The van der Waals surface area contributed by atoms with Gasteiger partial charge in [-0.1, -0.05) is 6.92 Å². The molecule has 0 saturated carbocycles. The van der Waals surface area contributed by atoms with Crippen molar-refractivity contribution in [1.29, 1.82) is 0 Å². The van der Waals surface area contributed by atoms with Crippen LogP contribution in [-0.4, -0.2) is 41.6 Å². The highest BCUT2D eigenvalue weighted by Gasteiger charge is 2.46. The predicted molar refractivity (Wildman–Crippen MR) is 55.7 cm³/mol. The zero-order valence-corrected chi connectivity index (χ0v) is 9.31. The second kappa shape index (κ2) is 3.45. The van der Waals surface area contributed by atoms with Gasteiger partial charge in [0.15, 0.2) is 0 Å². The second-order valence-corrected chi connectivity index (χ2v) is 5.02. The quantitative estimate of drug-likeness (QED) is 0.705. The molecule has 1 N–H and O–H groups in total. The van der Waals surface area contributed by atoms with E-state index in [0.29, 0.717) is 12.6 Å². The van der Waals surface area contributed by atoms with Crippen molar-refractivity contribution in [2.45, 2.75) is 44.4 Å². The van der Waals surface area contributed by atoms with Gasteiger partial charge in [0.05, 0.1) is 24.2 Å². The summed E-state index contributed by atoms with van der Waals surface area (Å²) in [6.45, 7) is 2.38. The summed E-state index contributed by atoms with van der Waals surface area (Å²) in [5, 5.41) is 2.41. The van der Waals surface area contributed by atoms with Crippen molar-refractivity contribution in [3.8, 4) is 0 Å². The van der Waals surface area contributed by atoms with Crippen LogP contribution in [0, 0.1) is 5.92 Å². The Morgan fingerprint density at radius 3 is 2.81 bits per heavy atom. The zero-order chi connectivity index (χ0) is 11.3. The third-order valence-electron chi connectivity index (χ3n) is 3.88. The number of carbonyl (C=O) groups excluding carboxylic acids is 2. The highest BCUT2D eigenvalue weighted by Crippen LogP contribution is 2.37. The van der Waals surface area contributed by atoms with E-state index in [1.807, 2.05) is 6.92 Å². The average molecular weight is 224 g/mol. The normalized spacial score (nSPS) is 42.7. The van der Waals surface area contributed by atoms with Crippen molar-refractivity contribution < 1.29 is 14.3 Å². The highest BCUT2D eigenvalue weighted by atomic mass is 16.5. The fraction of sp³-hybridized carbons (Fsp3) is 0.818. The molecule has 0 radical (unpaired) electrons. The Labute approximate surface area is 94.1 Å². The molecule has 0 aliphatic carbocycles. The number of urea groups is 1. The third-order valence-corrected chi connectivity index (χ3v) is 3.88. The van der Waals surface area contributed by atoms with E-state index in [0.717, 1.165) is 19.3 Å². The first-order valence-corrected chi connectivity index (χ1v) is 5.92. The number of nitrogens with zero attached hydrogens (tertiary/aromatic N) is 1. The van der Waals surface area contributed by atoms with Crippen LogP contribution < -0.4 is 5.32 Å². The van der Waals surface area contributed by atoms with Gasteiger partial charge in [0, 0.05) is 6.54 Å². The molecule has 0 aromatic rings. The molecular weight excluding hydrogens is 208 g/mol. The first-order valence-electron chi connectivity index (χ1n) is 5.92. The van der Waals surface area contributed by atoms with Crippen LogP contribution in [0.15, 0.2) is 0 Å². The largest absolute Gasteiger partial charge is 0.373 e. The summed E-state index contributed by atoms with van der Waals surface area (Å²) in [7, 11) is 0. The van der Waals surface area contributed by atoms with Gasteiger partial charge in [-0.05, 0) is 19.3 Å². The number of nitrogens with one attached hydrogen (secondary N) is 1. The topological polar surface area (TPSA) is 58.6 Å². The Balaban J connectivity index is 1.75. The number of imide groups is 1. The summed E-state index contributed by atoms with van der Waals surface area (Å²) in [5.41, 5.74) is 0. The lowest BCUT2D eigenvalue weighted by molar-refractivity contribution is -0.125. The summed E-state index contributed by atoms with van der Waals surface area (Å²) >= 11 is 0. The average Bonchev–Trinajstić information content (AvgIpc) is 2.84. The van der Waals surface area contributed by atoms with E-state index in [1.165, 1.54) is 0 Å². The SMILES string of the molecule is CC1CN(C2CC3CCC2O3)C(=O)NC1=O. The van der Waals surface area contributed by atoms with Crippen LogP contribution in [0.1, 0.15) is 26.2 Å². The van der Waals surface area contributed by atoms with Crippen LogP contribution >= 0.6 is 0 Å². The Morgan fingerprint density at radius 2 is 2.19 bits per heavy atom. The lowest BCUT2D eigenvalue weighted by Crippen LogP contribution is -2.58. The Hall–Kier alpha value is -1.10. The minimum absolute atomic E-state index is 0.114. The first kappa shape index (κ1) is 10.1. The van der Waals surface area contributed by atoms with Crippen LogP contribution in [0.2, 0.25) is 0 Å². The maximum Gasteiger partial charge on any atom is 0.324 e. The number of hydrogen-bond acceptors (Lipinski definition) is 3.